The summed E-state index contributed by atoms with van der Waals surface area (Å²) >= 11 is 0. The first-order chi connectivity index (χ1) is 15.9. The average molecular weight is 447 g/mol. The molecule has 3 atom stereocenters. The van der Waals surface area contributed by atoms with E-state index < -0.39 is 17.5 Å². The summed E-state index contributed by atoms with van der Waals surface area (Å²) in [6.45, 7) is 0.502. The molecule has 2 aliphatic rings. The zero-order valence-electron chi connectivity index (χ0n) is 17.9. The maximum atomic E-state index is 13.3. The van der Waals surface area contributed by atoms with Gasteiger partial charge in [-0.2, -0.15) is 0 Å². The Morgan fingerprint density at radius 3 is 2.58 bits per heavy atom. The van der Waals surface area contributed by atoms with Gasteiger partial charge in [0.25, 0.3) is 11.9 Å². The Balaban J connectivity index is 1.54. The molecule has 0 aromatic heterocycles. The molecule has 168 valence electrons. The molecule has 8 heteroatoms. The number of likely N-dealkylation sites (tertiary alicyclic amines) is 1. The summed E-state index contributed by atoms with van der Waals surface area (Å²) in [6, 6.07) is 19.1. The zero-order chi connectivity index (χ0) is 23.2. The van der Waals surface area contributed by atoms with E-state index in [1.807, 2.05) is 12.1 Å². The third-order valence-electron chi connectivity index (χ3n) is 6.67. The van der Waals surface area contributed by atoms with Crippen molar-refractivity contribution < 1.29 is 18.8 Å². The SMILES string of the molecule is CN1C[C@H](c2ccccc2OCc2ccc(F)cc2)[C@@H]([N+](=O)[O-])[C@@]12C(=O)Nc1ccccc12. The van der Waals surface area contributed by atoms with E-state index in [1.165, 1.54) is 12.1 Å². The molecule has 3 aromatic rings. The minimum atomic E-state index is -1.41. The van der Waals surface area contributed by atoms with Gasteiger partial charge in [0.15, 0.2) is 5.54 Å². The van der Waals surface area contributed by atoms with Gasteiger partial charge in [-0.15, -0.1) is 0 Å². The third kappa shape index (κ3) is 3.25. The summed E-state index contributed by atoms with van der Waals surface area (Å²) in [5.74, 6) is -0.787. The molecular formula is C25H22FN3O4. The van der Waals surface area contributed by atoms with Gasteiger partial charge in [0.2, 0.25) is 0 Å². The molecule has 0 saturated carbocycles. The van der Waals surface area contributed by atoms with E-state index in [2.05, 4.69) is 5.32 Å². The highest BCUT2D eigenvalue weighted by Crippen LogP contribution is 2.52. The monoisotopic (exact) mass is 447 g/mol. The smallest absolute Gasteiger partial charge is 0.256 e. The topological polar surface area (TPSA) is 84.7 Å². The molecule has 0 aliphatic carbocycles. The van der Waals surface area contributed by atoms with Crippen molar-refractivity contribution >= 4 is 11.6 Å². The molecule has 1 fully saturated rings. The summed E-state index contributed by atoms with van der Waals surface area (Å²) in [7, 11) is 1.75. The Morgan fingerprint density at radius 1 is 1.12 bits per heavy atom. The van der Waals surface area contributed by atoms with Gasteiger partial charge in [-0.25, -0.2) is 4.39 Å². The number of fused-ring (bicyclic) bond motifs is 2. The van der Waals surface area contributed by atoms with Crippen LogP contribution in [-0.2, 0) is 16.9 Å². The predicted molar refractivity (Wildman–Crippen MR) is 120 cm³/mol. The molecule has 3 aromatic carbocycles. The van der Waals surface area contributed by atoms with Crippen molar-refractivity contribution in [1.82, 2.24) is 4.90 Å². The van der Waals surface area contributed by atoms with Crippen molar-refractivity contribution in [2.24, 2.45) is 0 Å². The van der Waals surface area contributed by atoms with Gasteiger partial charge >= 0.3 is 0 Å². The molecule has 0 radical (unpaired) electrons. The molecule has 5 rings (SSSR count). The van der Waals surface area contributed by atoms with Crippen LogP contribution in [0.2, 0.25) is 0 Å². The number of nitrogens with zero attached hydrogens (tertiary/aromatic N) is 2. The lowest BCUT2D eigenvalue weighted by Gasteiger charge is -2.30. The van der Waals surface area contributed by atoms with Gasteiger partial charge in [-0.3, -0.25) is 19.8 Å². The standard InChI is InChI=1S/C25H22FN3O4/c1-28-14-19(18-6-2-5-9-22(18)33-15-16-10-12-17(26)13-11-16)23(29(31)32)25(28)20-7-3-4-8-21(20)27-24(25)30/h2-13,19,23H,14-15H2,1H3,(H,27,30)/t19-,23-,25+/m1/s1. The molecule has 2 heterocycles. The molecule has 0 unspecified atom stereocenters. The summed E-state index contributed by atoms with van der Waals surface area (Å²) < 4.78 is 19.2. The van der Waals surface area contributed by atoms with Gasteiger partial charge in [-0.05, 0) is 36.9 Å². The summed E-state index contributed by atoms with van der Waals surface area (Å²) in [5.41, 5.74) is 1.26. The van der Waals surface area contributed by atoms with Crippen molar-refractivity contribution in [3.63, 3.8) is 0 Å². The van der Waals surface area contributed by atoms with E-state index in [9.17, 15) is 19.3 Å². The Morgan fingerprint density at radius 2 is 1.82 bits per heavy atom. The van der Waals surface area contributed by atoms with Crippen LogP contribution in [0.25, 0.3) is 0 Å². The Hall–Kier alpha value is -3.78. The largest absolute Gasteiger partial charge is 0.489 e. The maximum Gasteiger partial charge on any atom is 0.256 e. The van der Waals surface area contributed by atoms with Crippen LogP contribution in [-0.4, -0.2) is 35.4 Å². The number of ether oxygens (including phenoxy) is 1. The van der Waals surface area contributed by atoms with Crippen LogP contribution in [0.5, 0.6) is 5.75 Å². The number of halogens is 1. The quantitative estimate of drug-likeness (QED) is 0.473. The molecule has 7 nitrogen and oxygen atoms in total. The van der Waals surface area contributed by atoms with Crippen molar-refractivity contribution in [3.8, 4) is 5.75 Å². The molecule has 1 amide bonds. The van der Waals surface area contributed by atoms with Crippen molar-refractivity contribution in [2.45, 2.75) is 24.1 Å². The predicted octanol–water partition coefficient (Wildman–Crippen LogP) is 3.93. The van der Waals surface area contributed by atoms with E-state index in [-0.39, 0.29) is 23.3 Å². The normalized spacial score (nSPS) is 24.0. The fourth-order valence-corrected chi connectivity index (χ4v) is 5.22. The number of nitrogens with one attached hydrogen (secondary N) is 1. The Kier molecular flexibility index (Phi) is 5.09. The van der Waals surface area contributed by atoms with Crippen LogP contribution >= 0.6 is 0 Å². The highest BCUT2D eigenvalue weighted by molar-refractivity contribution is 6.06. The number of amides is 1. The van der Waals surface area contributed by atoms with E-state index in [0.717, 1.165) is 5.56 Å². The van der Waals surface area contributed by atoms with Crippen molar-refractivity contribution in [2.75, 3.05) is 18.9 Å². The van der Waals surface area contributed by atoms with Crippen LogP contribution in [0.3, 0.4) is 0 Å². The number of carbonyl (C=O) groups is 1. The number of likely N-dealkylation sites (N-methyl/N-ethyl adjacent to an activating group) is 1. The fourth-order valence-electron chi connectivity index (χ4n) is 5.22. The van der Waals surface area contributed by atoms with Crippen LogP contribution in [0, 0.1) is 15.9 Å². The second-order valence-corrected chi connectivity index (χ2v) is 8.44. The lowest BCUT2D eigenvalue weighted by Crippen LogP contribution is -2.54. The zero-order valence-corrected chi connectivity index (χ0v) is 17.9. The van der Waals surface area contributed by atoms with Gasteiger partial charge in [0, 0.05) is 28.3 Å². The molecule has 2 aliphatic heterocycles. The van der Waals surface area contributed by atoms with E-state index in [1.54, 1.807) is 60.5 Å². The molecule has 1 spiro atoms. The summed E-state index contributed by atoms with van der Waals surface area (Å²) in [6.07, 6.45) is 0. The number of hydrogen-bond acceptors (Lipinski definition) is 5. The highest BCUT2D eigenvalue weighted by Gasteiger charge is 2.68. The number of hydrogen-bond donors (Lipinski definition) is 1. The number of nitro groups is 1. The first kappa shape index (κ1) is 21.1. The molecule has 1 saturated heterocycles. The lowest BCUT2D eigenvalue weighted by atomic mass is 9.79. The van der Waals surface area contributed by atoms with Crippen LogP contribution in [0.4, 0.5) is 10.1 Å². The number of para-hydroxylation sites is 2. The maximum absolute atomic E-state index is 13.3. The van der Waals surface area contributed by atoms with Gasteiger partial charge in [-0.1, -0.05) is 48.5 Å². The van der Waals surface area contributed by atoms with E-state index >= 15 is 0 Å². The molecule has 1 N–H and O–H groups in total. The number of rotatable bonds is 5. The van der Waals surface area contributed by atoms with E-state index in [0.29, 0.717) is 29.1 Å². The average Bonchev–Trinajstić information content (AvgIpc) is 3.28. The second-order valence-electron chi connectivity index (χ2n) is 8.44. The van der Waals surface area contributed by atoms with Gasteiger partial charge < -0.3 is 10.1 Å². The fraction of sp³-hybridized carbons (Fsp3) is 0.240. The van der Waals surface area contributed by atoms with Crippen LogP contribution in [0.1, 0.15) is 22.6 Å². The van der Waals surface area contributed by atoms with Crippen LogP contribution in [0.15, 0.2) is 72.8 Å². The third-order valence-corrected chi connectivity index (χ3v) is 6.67. The highest BCUT2D eigenvalue weighted by atomic mass is 19.1. The molecular weight excluding hydrogens is 425 g/mol. The van der Waals surface area contributed by atoms with Crippen molar-refractivity contribution in [1.29, 1.82) is 0 Å². The molecule has 33 heavy (non-hydrogen) atoms. The minimum Gasteiger partial charge on any atom is -0.489 e. The van der Waals surface area contributed by atoms with E-state index in [4.69, 9.17) is 4.74 Å². The van der Waals surface area contributed by atoms with Crippen molar-refractivity contribution in [3.05, 3.63) is 105 Å². The number of benzene rings is 3. The number of carbonyl (C=O) groups excluding carboxylic acids is 1. The first-order valence-corrected chi connectivity index (χ1v) is 10.6. The summed E-state index contributed by atoms with van der Waals surface area (Å²) in [5, 5.41) is 15.3. The lowest BCUT2D eigenvalue weighted by molar-refractivity contribution is -0.534. The minimum absolute atomic E-state index is 0.192. The number of anilines is 1. The van der Waals surface area contributed by atoms with Gasteiger partial charge in [0.1, 0.15) is 18.2 Å². The Labute approximate surface area is 189 Å². The van der Waals surface area contributed by atoms with Crippen LogP contribution < -0.4 is 10.1 Å². The van der Waals surface area contributed by atoms with Gasteiger partial charge in [0.05, 0.1) is 5.92 Å². The second kappa shape index (κ2) is 7.97. The first-order valence-electron chi connectivity index (χ1n) is 10.6. The summed E-state index contributed by atoms with van der Waals surface area (Å²) in [4.78, 5) is 27.2. The molecule has 0 bridgehead atoms. The Bertz CT molecular complexity index is 1230.